The van der Waals surface area contributed by atoms with Gasteiger partial charge in [-0.2, -0.15) is 0 Å². The highest BCUT2D eigenvalue weighted by Gasteiger charge is 2.23. The molecular weight excluding hydrogens is 497 g/mol. The van der Waals surface area contributed by atoms with E-state index in [1.807, 2.05) is 0 Å². The van der Waals surface area contributed by atoms with Gasteiger partial charge in [0.05, 0.1) is 7.11 Å². The molecule has 1 heterocycles. The molecule has 0 aromatic heterocycles. The van der Waals surface area contributed by atoms with Crippen molar-refractivity contribution < 1.29 is 28.2 Å². The van der Waals surface area contributed by atoms with Gasteiger partial charge >= 0.3 is 5.97 Å². The van der Waals surface area contributed by atoms with E-state index in [-0.39, 0.29) is 30.5 Å². The number of esters is 1. The molecule has 6 nitrogen and oxygen atoms in total. The molecule has 1 aliphatic heterocycles. The van der Waals surface area contributed by atoms with Crippen LogP contribution in [0.2, 0.25) is 5.02 Å². The number of halogens is 2. The Morgan fingerprint density at radius 1 is 1.24 bits per heavy atom. The van der Waals surface area contributed by atoms with E-state index in [0.717, 1.165) is 38.9 Å². The highest BCUT2D eigenvalue weighted by Crippen LogP contribution is 2.31. The van der Waals surface area contributed by atoms with Gasteiger partial charge in [0.2, 0.25) is 0 Å². The molecule has 1 fully saturated rings. The van der Waals surface area contributed by atoms with Crippen LogP contribution in [-0.4, -0.2) is 45.4 Å². The van der Waals surface area contributed by atoms with Gasteiger partial charge in [-0.3, -0.25) is 9.59 Å². The Balaban J connectivity index is 1.72. The second-order valence-corrected chi connectivity index (χ2v) is 9.96. The Kier molecular flexibility index (Phi) is 11.8. The molecule has 0 radical (unpaired) electrons. The molecule has 3 rings (SSSR count). The quantitative estimate of drug-likeness (QED) is 0.248. The van der Waals surface area contributed by atoms with Crippen molar-refractivity contribution in [3.8, 4) is 0 Å². The minimum absolute atomic E-state index is 0.190. The number of hydrogen-bond acceptors (Lipinski definition) is 5. The van der Waals surface area contributed by atoms with Gasteiger partial charge < -0.3 is 19.5 Å². The summed E-state index contributed by atoms with van der Waals surface area (Å²) in [4.78, 5) is 24.5. The van der Waals surface area contributed by atoms with Crippen LogP contribution in [0.5, 0.6) is 0 Å². The summed E-state index contributed by atoms with van der Waals surface area (Å²) >= 11 is 6.19. The van der Waals surface area contributed by atoms with Crippen molar-refractivity contribution >= 4 is 23.5 Å². The lowest BCUT2D eigenvalue weighted by atomic mass is 9.89. The molecule has 202 valence electrons. The van der Waals surface area contributed by atoms with Crippen molar-refractivity contribution in [3.63, 3.8) is 0 Å². The Labute approximate surface area is 223 Å². The zero-order valence-corrected chi connectivity index (χ0v) is 22.4. The number of ether oxygens (including phenoxy) is 3. The van der Waals surface area contributed by atoms with Crippen molar-refractivity contribution in [2.45, 2.75) is 51.6 Å². The van der Waals surface area contributed by atoms with Crippen LogP contribution >= 0.6 is 11.6 Å². The van der Waals surface area contributed by atoms with Crippen molar-refractivity contribution in [3.05, 3.63) is 70.0 Å². The lowest BCUT2D eigenvalue weighted by Gasteiger charge is -2.26. The van der Waals surface area contributed by atoms with Crippen molar-refractivity contribution in [1.29, 1.82) is 0 Å². The first-order valence-electron chi connectivity index (χ1n) is 13.0. The first-order valence-corrected chi connectivity index (χ1v) is 13.4. The van der Waals surface area contributed by atoms with Crippen LogP contribution in [-0.2, 0) is 19.0 Å². The van der Waals surface area contributed by atoms with Gasteiger partial charge in [0.25, 0.3) is 5.91 Å². The zero-order valence-electron chi connectivity index (χ0n) is 21.6. The maximum absolute atomic E-state index is 15.1. The predicted molar refractivity (Wildman–Crippen MR) is 141 cm³/mol. The molecule has 1 amide bonds. The molecule has 3 atom stereocenters. The molecular formula is C29H37ClFNO5. The molecule has 1 N–H and O–H groups in total. The summed E-state index contributed by atoms with van der Waals surface area (Å²) in [5.74, 6) is -0.196. The van der Waals surface area contributed by atoms with Crippen LogP contribution in [0.25, 0.3) is 0 Å². The number of rotatable bonds is 13. The lowest BCUT2D eigenvalue weighted by Crippen LogP contribution is -2.31. The monoisotopic (exact) mass is 533 g/mol. The van der Waals surface area contributed by atoms with Gasteiger partial charge in [-0.1, -0.05) is 37.1 Å². The second-order valence-electron chi connectivity index (χ2n) is 9.52. The molecule has 8 heteroatoms. The second kappa shape index (κ2) is 15.1. The molecule has 0 spiro atoms. The number of benzene rings is 2. The molecule has 0 aliphatic carbocycles. The summed E-state index contributed by atoms with van der Waals surface area (Å²) in [5.41, 5.74) is 1.25. The minimum Gasteiger partial charge on any atom is -0.469 e. The van der Waals surface area contributed by atoms with Gasteiger partial charge in [0.1, 0.15) is 11.9 Å². The average Bonchev–Trinajstić information content (AvgIpc) is 2.91. The highest BCUT2D eigenvalue weighted by atomic mass is 35.5. The summed E-state index contributed by atoms with van der Waals surface area (Å²) in [6.07, 6.45) is 4.04. The topological polar surface area (TPSA) is 73.9 Å². The number of carbonyl (C=O) groups is 2. The SMILES string of the molecule is CC[C@H](CNC(=O)c1ccc(F)c(C(OCCCC(=O)OC)c2cccc(Cl)c2)c1)CC1CCCOC1. The maximum atomic E-state index is 15.1. The van der Waals surface area contributed by atoms with E-state index in [1.54, 1.807) is 24.3 Å². The molecule has 0 bridgehead atoms. The molecule has 2 unspecified atom stereocenters. The van der Waals surface area contributed by atoms with Crippen LogP contribution in [0, 0.1) is 17.7 Å². The van der Waals surface area contributed by atoms with Gasteiger partial charge in [0, 0.05) is 48.9 Å². The fourth-order valence-electron chi connectivity index (χ4n) is 4.64. The Hall–Kier alpha value is -2.48. The largest absolute Gasteiger partial charge is 0.469 e. The third-order valence-corrected chi connectivity index (χ3v) is 7.01. The molecule has 0 saturated carbocycles. The van der Waals surface area contributed by atoms with Gasteiger partial charge in [-0.25, -0.2) is 4.39 Å². The van der Waals surface area contributed by atoms with Crippen molar-refractivity contribution in [1.82, 2.24) is 5.32 Å². The number of methoxy groups -OCH3 is 1. The van der Waals surface area contributed by atoms with E-state index in [4.69, 9.17) is 21.1 Å². The summed E-state index contributed by atoms with van der Waals surface area (Å²) in [6.45, 7) is 4.51. The molecule has 2 aromatic rings. The van der Waals surface area contributed by atoms with E-state index in [2.05, 4.69) is 17.0 Å². The first kappa shape index (κ1) is 29.1. The summed E-state index contributed by atoms with van der Waals surface area (Å²) in [7, 11) is 1.33. The molecule has 1 saturated heterocycles. The summed E-state index contributed by atoms with van der Waals surface area (Å²) in [5, 5.41) is 3.52. The number of nitrogens with one attached hydrogen (secondary N) is 1. The lowest BCUT2D eigenvalue weighted by molar-refractivity contribution is -0.141. The number of amides is 1. The fourth-order valence-corrected chi connectivity index (χ4v) is 4.84. The van der Waals surface area contributed by atoms with E-state index >= 15 is 4.39 Å². The van der Waals surface area contributed by atoms with Gasteiger partial charge in [-0.15, -0.1) is 0 Å². The van der Waals surface area contributed by atoms with Gasteiger partial charge in [0.15, 0.2) is 0 Å². The summed E-state index contributed by atoms with van der Waals surface area (Å²) < 4.78 is 31.4. The molecule has 2 aromatic carbocycles. The fraction of sp³-hybridized carbons (Fsp3) is 0.517. The highest BCUT2D eigenvalue weighted by molar-refractivity contribution is 6.30. The van der Waals surface area contributed by atoms with Crippen LogP contribution in [0.3, 0.4) is 0 Å². The Morgan fingerprint density at radius 3 is 2.78 bits per heavy atom. The molecule has 37 heavy (non-hydrogen) atoms. The number of carbonyl (C=O) groups excluding carboxylic acids is 2. The van der Waals surface area contributed by atoms with Crippen LogP contribution in [0.4, 0.5) is 4.39 Å². The van der Waals surface area contributed by atoms with E-state index < -0.39 is 11.9 Å². The van der Waals surface area contributed by atoms with E-state index in [9.17, 15) is 9.59 Å². The average molecular weight is 534 g/mol. The van der Waals surface area contributed by atoms with Crippen molar-refractivity contribution in [2.24, 2.45) is 11.8 Å². The van der Waals surface area contributed by atoms with E-state index in [0.29, 0.717) is 41.0 Å². The standard InChI is InChI=1S/C29H37ClFNO5/c1-3-20(15-21-7-5-13-36-19-21)18-32-29(34)23-11-12-26(31)25(17-23)28(22-8-4-9-24(30)16-22)37-14-6-10-27(33)35-2/h4,8-9,11-12,16-17,20-21,28H,3,5-7,10,13-15,18-19H2,1-2H3,(H,32,34)/t20-,21?,28?/m0/s1. The first-order chi connectivity index (χ1) is 17.9. The predicted octanol–water partition coefficient (Wildman–Crippen LogP) is 6.11. The maximum Gasteiger partial charge on any atom is 0.305 e. The third-order valence-electron chi connectivity index (χ3n) is 6.78. The van der Waals surface area contributed by atoms with Gasteiger partial charge in [-0.05, 0) is 73.4 Å². The smallest absolute Gasteiger partial charge is 0.305 e. The van der Waals surface area contributed by atoms with Crippen LogP contribution in [0.1, 0.15) is 73.0 Å². The molecule has 1 aliphatic rings. The third kappa shape index (κ3) is 9.09. The zero-order chi connectivity index (χ0) is 26.6. The normalized spacial score (nSPS) is 17.1. The number of hydrogen-bond donors (Lipinski definition) is 1. The Bertz CT molecular complexity index is 1030. The van der Waals surface area contributed by atoms with Crippen LogP contribution in [0.15, 0.2) is 42.5 Å². The minimum atomic E-state index is -0.793. The van der Waals surface area contributed by atoms with Crippen LogP contribution < -0.4 is 5.32 Å². The Morgan fingerprint density at radius 2 is 2.08 bits per heavy atom. The van der Waals surface area contributed by atoms with Crippen molar-refractivity contribution in [2.75, 3.05) is 33.5 Å². The van der Waals surface area contributed by atoms with E-state index in [1.165, 1.54) is 25.3 Å². The summed E-state index contributed by atoms with van der Waals surface area (Å²) in [6, 6.07) is 11.3.